The predicted molar refractivity (Wildman–Crippen MR) is 81.6 cm³/mol. The van der Waals surface area contributed by atoms with Crippen LogP contribution in [0.25, 0.3) is 0 Å². The molecule has 0 aromatic heterocycles. The number of rotatable bonds is 2. The summed E-state index contributed by atoms with van der Waals surface area (Å²) in [4.78, 5) is 4.79. The molecule has 1 N–H and O–H groups in total. The first kappa shape index (κ1) is 13.8. The lowest BCUT2D eigenvalue weighted by Gasteiger charge is -2.23. The molecule has 0 saturated heterocycles. The van der Waals surface area contributed by atoms with Crippen LogP contribution in [0, 0.1) is 0 Å². The van der Waals surface area contributed by atoms with Gasteiger partial charge in [-0.3, -0.25) is 4.99 Å². The third kappa shape index (κ3) is 3.21. The third-order valence-electron chi connectivity index (χ3n) is 3.54. The van der Waals surface area contributed by atoms with Crippen LogP contribution in [0.3, 0.4) is 0 Å². The molecule has 98 valence electrons. The van der Waals surface area contributed by atoms with Gasteiger partial charge in [-0.25, -0.2) is 0 Å². The van der Waals surface area contributed by atoms with Crippen LogP contribution in [0.15, 0.2) is 35.3 Å². The monoisotopic (exact) mass is 282 g/mol. The number of halogens is 1. The number of hydrogen-bond acceptors (Lipinski definition) is 3. The van der Waals surface area contributed by atoms with Crippen LogP contribution in [0.4, 0.5) is 0 Å². The van der Waals surface area contributed by atoms with E-state index in [2.05, 4.69) is 35.6 Å². The van der Waals surface area contributed by atoms with E-state index < -0.39 is 0 Å². The highest BCUT2D eigenvalue weighted by Gasteiger charge is 2.30. The summed E-state index contributed by atoms with van der Waals surface area (Å²) in [5.41, 5.74) is 1.37. The number of thioether (sulfide) groups is 1. The topological polar surface area (TPSA) is 24.4 Å². The molecule has 2 nitrogen and oxygen atoms in total. The Morgan fingerprint density at radius 2 is 1.94 bits per heavy atom. The Hall–Kier alpha value is -0.670. The average molecular weight is 283 g/mol. The highest BCUT2D eigenvalue weighted by molar-refractivity contribution is 8.13. The summed E-state index contributed by atoms with van der Waals surface area (Å²) in [6.45, 7) is 0. The van der Waals surface area contributed by atoms with Crippen molar-refractivity contribution in [3.63, 3.8) is 0 Å². The van der Waals surface area contributed by atoms with E-state index in [0.29, 0.717) is 12.1 Å². The quantitative estimate of drug-likeness (QED) is 0.896. The molecule has 18 heavy (non-hydrogen) atoms. The Labute approximate surface area is 119 Å². The van der Waals surface area contributed by atoms with Gasteiger partial charge in [0.05, 0.1) is 12.1 Å². The molecule has 0 bridgehead atoms. The standard InChI is InChI=1S/C14H18N2S.ClH/c1-2-6-11(7-3-1)10-17-14-15-12-8-4-5-9-13(12)16-14;/h1-3,6-7,12-13H,4-5,8-10H2,(H,15,16);1H. The van der Waals surface area contributed by atoms with Gasteiger partial charge in [-0.1, -0.05) is 54.9 Å². The van der Waals surface area contributed by atoms with Crippen LogP contribution < -0.4 is 5.32 Å². The molecule has 2 aliphatic rings. The Morgan fingerprint density at radius 3 is 2.72 bits per heavy atom. The minimum absolute atomic E-state index is 0. The van der Waals surface area contributed by atoms with E-state index in [-0.39, 0.29) is 12.4 Å². The highest BCUT2D eigenvalue weighted by atomic mass is 35.5. The summed E-state index contributed by atoms with van der Waals surface area (Å²) in [6.07, 6.45) is 5.28. The van der Waals surface area contributed by atoms with Gasteiger partial charge < -0.3 is 5.32 Å². The van der Waals surface area contributed by atoms with Gasteiger partial charge in [-0.15, -0.1) is 12.4 Å². The van der Waals surface area contributed by atoms with E-state index in [0.717, 1.165) is 10.9 Å². The van der Waals surface area contributed by atoms with Crippen LogP contribution in [0.2, 0.25) is 0 Å². The molecule has 1 fully saturated rings. The van der Waals surface area contributed by atoms with E-state index in [4.69, 9.17) is 4.99 Å². The molecular weight excluding hydrogens is 264 g/mol. The van der Waals surface area contributed by atoms with Crippen molar-refractivity contribution in [3.05, 3.63) is 35.9 Å². The van der Waals surface area contributed by atoms with Crippen LogP contribution in [-0.4, -0.2) is 17.3 Å². The number of amidine groups is 1. The number of benzene rings is 1. The van der Waals surface area contributed by atoms with Crippen LogP contribution >= 0.6 is 24.2 Å². The Kier molecular flexibility index (Phi) is 4.95. The number of nitrogens with one attached hydrogen (secondary N) is 1. The van der Waals surface area contributed by atoms with Crippen molar-refractivity contribution >= 4 is 29.3 Å². The summed E-state index contributed by atoms with van der Waals surface area (Å²) in [5.74, 6) is 1.02. The van der Waals surface area contributed by atoms with Crippen molar-refractivity contribution in [2.24, 2.45) is 4.99 Å². The lowest BCUT2D eigenvalue weighted by atomic mass is 9.92. The Morgan fingerprint density at radius 1 is 1.17 bits per heavy atom. The fourth-order valence-corrected chi connectivity index (χ4v) is 3.53. The fraction of sp³-hybridized carbons (Fsp3) is 0.500. The summed E-state index contributed by atoms with van der Waals surface area (Å²) < 4.78 is 0. The van der Waals surface area contributed by atoms with E-state index >= 15 is 0 Å². The molecule has 1 aromatic rings. The average Bonchev–Trinajstić information content (AvgIpc) is 2.80. The number of hydrogen-bond donors (Lipinski definition) is 1. The van der Waals surface area contributed by atoms with E-state index in [1.807, 2.05) is 11.8 Å². The zero-order chi connectivity index (χ0) is 11.5. The van der Waals surface area contributed by atoms with Crippen molar-refractivity contribution in [2.45, 2.75) is 43.5 Å². The van der Waals surface area contributed by atoms with Crippen molar-refractivity contribution < 1.29 is 0 Å². The second kappa shape index (κ2) is 6.48. The minimum atomic E-state index is 0. The minimum Gasteiger partial charge on any atom is -0.360 e. The van der Waals surface area contributed by atoms with E-state index in [1.54, 1.807) is 0 Å². The third-order valence-corrected chi connectivity index (χ3v) is 4.51. The molecule has 4 heteroatoms. The van der Waals surface area contributed by atoms with E-state index in [1.165, 1.54) is 31.2 Å². The maximum Gasteiger partial charge on any atom is 0.157 e. The van der Waals surface area contributed by atoms with Crippen molar-refractivity contribution in [1.82, 2.24) is 5.32 Å². The van der Waals surface area contributed by atoms with Gasteiger partial charge in [0.25, 0.3) is 0 Å². The van der Waals surface area contributed by atoms with Gasteiger partial charge in [0.2, 0.25) is 0 Å². The molecule has 1 aliphatic heterocycles. The normalized spacial score (nSPS) is 25.7. The molecule has 0 spiro atoms. The maximum atomic E-state index is 4.79. The Balaban J connectivity index is 0.00000120. The first-order valence-corrected chi connectivity index (χ1v) is 7.41. The first-order chi connectivity index (χ1) is 8.42. The first-order valence-electron chi connectivity index (χ1n) is 6.43. The smallest absolute Gasteiger partial charge is 0.157 e. The molecule has 1 heterocycles. The second-order valence-electron chi connectivity index (χ2n) is 4.81. The van der Waals surface area contributed by atoms with Gasteiger partial charge >= 0.3 is 0 Å². The number of nitrogens with zero attached hydrogens (tertiary/aromatic N) is 1. The molecule has 2 unspecified atom stereocenters. The SMILES string of the molecule is Cl.c1ccc(CSC2=NC3CCCCC3N2)cc1. The van der Waals surface area contributed by atoms with Gasteiger partial charge in [0.1, 0.15) is 0 Å². The summed E-state index contributed by atoms with van der Waals surface area (Å²) in [5, 5.41) is 4.73. The zero-order valence-electron chi connectivity index (χ0n) is 10.3. The maximum absolute atomic E-state index is 4.79. The number of fused-ring (bicyclic) bond motifs is 1. The zero-order valence-corrected chi connectivity index (χ0v) is 12.0. The highest BCUT2D eigenvalue weighted by Crippen LogP contribution is 2.27. The van der Waals surface area contributed by atoms with Gasteiger partial charge in [0.15, 0.2) is 5.17 Å². The predicted octanol–water partition coefficient (Wildman–Crippen LogP) is 3.61. The molecule has 0 radical (unpaired) electrons. The largest absolute Gasteiger partial charge is 0.360 e. The molecule has 1 saturated carbocycles. The van der Waals surface area contributed by atoms with E-state index in [9.17, 15) is 0 Å². The van der Waals surface area contributed by atoms with Crippen LogP contribution in [0.1, 0.15) is 31.2 Å². The second-order valence-corrected chi connectivity index (χ2v) is 5.78. The molecule has 2 atom stereocenters. The van der Waals surface area contributed by atoms with Crippen molar-refractivity contribution in [2.75, 3.05) is 0 Å². The fourth-order valence-electron chi connectivity index (χ4n) is 2.59. The Bertz CT molecular complexity index is 408. The lowest BCUT2D eigenvalue weighted by Crippen LogP contribution is -2.36. The van der Waals surface area contributed by atoms with Crippen LogP contribution in [0.5, 0.6) is 0 Å². The lowest BCUT2D eigenvalue weighted by molar-refractivity contribution is 0.385. The molecule has 1 aliphatic carbocycles. The summed E-state index contributed by atoms with van der Waals surface area (Å²) in [7, 11) is 0. The molecular formula is C14H19ClN2S. The van der Waals surface area contributed by atoms with Crippen molar-refractivity contribution in [1.29, 1.82) is 0 Å². The summed E-state index contributed by atoms with van der Waals surface area (Å²) >= 11 is 1.84. The van der Waals surface area contributed by atoms with Crippen LogP contribution in [-0.2, 0) is 5.75 Å². The molecule has 3 rings (SSSR count). The van der Waals surface area contributed by atoms with Gasteiger partial charge in [-0.05, 0) is 18.4 Å². The van der Waals surface area contributed by atoms with Crippen molar-refractivity contribution in [3.8, 4) is 0 Å². The molecule has 1 aromatic carbocycles. The van der Waals surface area contributed by atoms with Gasteiger partial charge in [-0.2, -0.15) is 0 Å². The molecule has 0 amide bonds. The summed E-state index contributed by atoms with van der Waals surface area (Å²) in [6, 6.07) is 11.8. The van der Waals surface area contributed by atoms with Gasteiger partial charge in [0, 0.05) is 5.75 Å². The number of aliphatic imine (C=N–C) groups is 1.